The number of carbonyl (C=O) groups excluding carboxylic acids is 1. The van der Waals surface area contributed by atoms with Gasteiger partial charge in [0.15, 0.2) is 0 Å². The first-order valence-corrected chi connectivity index (χ1v) is 6.33. The van der Waals surface area contributed by atoms with Gasteiger partial charge in [-0.3, -0.25) is 14.9 Å². The van der Waals surface area contributed by atoms with Crippen LogP contribution in [0.4, 0.5) is 11.4 Å². The van der Waals surface area contributed by atoms with Gasteiger partial charge in [0.1, 0.15) is 0 Å². The molecule has 1 aromatic rings. The van der Waals surface area contributed by atoms with Crippen LogP contribution in [0.1, 0.15) is 19.8 Å². The monoisotopic (exact) mass is 263 g/mol. The Kier molecular flexibility index (Phi) is 3.99. The highest BCUT2D eigenvalue weighted by molar-refractivity contribution is 5.73. The number of rotatable bonds is 3. The molecular formula is C13H17N3O3. The summed E-state index contributed by atoms with van der Waals surface area (Å²) < 4.78 is 0. The zero-order valence-electron chi connectivity index (χ0n) is 10.8. The first-order valence-electron chi connectivity index (χ1n) is 6.33. The summed E-state index contributed by atoms with van der Waals surface area (Å²) in [5.74, 6) is -0.0180. The van der Waals surface area contributed by atoms with E-state index in [1.165, 1.54) is 19.1 Å². The minimum Gasteiger partial charge on any atom is -0.369 e. The highest BCUT2D eigenvalue weighted by atomic mass is 16.6. The molecule has 1 unspecified atom stereocenters. The van der Waals surface area contributed by atoms with Gasteiger partial charge in [0.05, 0.1) is 4.92 Å². The normalized spacial score (nSPS) is 19.0. The van der Waals surface area contributed by atoms with Crippen molar-refractivity contribution < 1.29 is 9.72 Å². The largest absolute Gasteiger partial charge is 0.369 e. The molecule has 6 nitrogen and oxygen atoms in total. The summed E-state index contributed by atoms with van der Waals surface area (Å²) in [5.41, 5.74) is 1.06. The van der Waals surface area contributed by atoms with E-state index in [4.69, 9.17) is 0 Å². The van der Waals surface area contributed by atoms with Crippen molar-refractivity contribution in [2.45, 2.75) is 25.8 Å². The minimum absolute atomic E-state index is 0.0180. The first-order chi connectivity index (χ1) is 9.06. The second-order valence-corrected chi connectivity index (χ2v) is 4.76. The van der Waals surface area contributed by atoms with E-state index in [0.29, 0.717) is 0 Å². The summed E-state index contributed by atoms with van der Waals surface area (Å²) in [6.45, 7) is 3.18. The molecule has 1 N–H and O–H groups in total. The number of hydrogen-bond acceptors (Lipinski definition) is 4. The Hall–Kier alpha value is -2.11. The molecule has 1 aliphatic heterocycles. The molecule has 19 heavy (non-hydrogen) atoms. The number of anilines is 1. The van der Waals surface area contributed by atoms with E-state index >= 15 is 0 Å². The van der Waals surface area contributed by atoms with E-state index in [1.54, 1.807) is 12.1 Å². The van der Waals surface area contributed by atoms with Gasteiger partial charge in [-0.15, -0.1) is 0 Å². The summed E-state index contributed by atoms with van der Waals surface area (Å²) in [7, 11) is 0. The number of carbonyl (C=O) groups is 1. The number of non-ortho nitro benzene ring substituents is 1. The van der Waals surface area contributed by atoms with Gasteiger partial charge in [-0.2, -0.15) is 0 Å². The van der Waals surface area contributed by atoms with Crippen LogP contribution in [0.15, 0.2) is 24.3 Å². The molecule has 0 saturated carbocycles. The molecule has 0 aromatic heterocycles. The van der Waals surface area contributed by atoms with E-state index in [9.17, 15) is 14.9 Å². The van der Waals surface area contributed by atoms with Crippen molar-refractivity contribution in [3.05, 3.63) is 34.4 Å². The van der Waals surface area contributed by atoms with Gasteiger partial charge in [-0.1, -0.05) is 0 Å². The number of nitro groups is 1. The van der Waals surface area contributed by atoms with E-state index in [1.807, 2.05) is 0 Å². The summed E-state index contributed by atoms with van der Waals surface area (Å²) >= 11 is 0. The van der Waals surface area contributed by atoms with Crippen LogP contribution in [0.5, 0.6) is 0 Å². The van der Waals surface area contributed by atoms with Gasteiger partial charge in [-0.25, -0.2) is 0 Å². The number of nitrogens with zero attached hydrogens (tertiary/aromatic N) is 2. The average molecular weight is 263 g/mol. The van der Waals surface area contributed by atoms with Gasteiger partial charge in [0, 0.05) is 43.9 Å². The van der Waals surface area contributed by atoms with E-state index < -0.39 is 4.92 Å². The van der Waals surface area contributed by atoms with Crippen LogP contribution in [-0.2, 0) is 4.79 Å². The third-order valence-electron chi connectivity index (χ3n) is 3.25. The Morgan fingerprint density at radius 1 is 1.42 bits per heavy atom. The van der Waals surface area contributed by atoms with Crippen molar-refractivity contribution >= 4 is 17.3 Å². The highest BCUT2D eigenvalue weighted by Gasteiger charge is 2.21. The van der Waals surface area contributed by atoms with Crippen LogP contribution in [0, 0.1) is 10.1 Å². The van der Waals surface area contributed by atoms with Crippen LogP contribution in [0.2, 0.25) is 0 Å². The average Bonchev–Trinajstić information content (AvgIpc) is 2.38. The SMILES string of the molecule is CC(=O)NC1CCCN(c2ccc([N+](=O)[O-])cc2)C1. The molecule has 6 heteroatoms. The first kappa shape index (κ1) is 13.3. The Bertz CT molecular complexity index is 473. The molecule has 1 atom stereocenters. The topological polar surface area (TPSA) is 75.5 Å². The molecular weight excluding hydrogens is 246 g/mol. The molecule has 0 aliphatic carbocycles. The van der Waals surface area contributed by atoms with Gasteiger partial charge < -0.3 is 10.2 Å². The van der Waals surface area contributed by atoms with Crippen molar-refractivity contribution in [1.29, 1.82) is 0 Å². The Morgan fingerprint density at radius 2 is 2.11 bits per heavy atom. The van der Waals surface area contributed by atoms with Crippen molar-refractivity contribution in [2.24, 2.45) is 0 Å². The highest BCUT2D eigenvalue weighted by Crippen LogP contribution is 2.22. The Morgan fingerprint density at radius 3 is 2.68 bits per heavy atom. The van der Waals surface area contributed by atoms with Crippen LogP contribution >= 0.6 is 0 Å². The van der Waals surface area contributed by atoms with Gasteiger partial charge in [-0.05, 0) is 25.0 Å². The summed E-state index contributed by atoms with van der Waals surface area (Å²) in [6.07, 6.45) is 1.98. The second-order valence-electron chi connectivity index (χ2n) is 4.76. The zero-order chi connectivity index (χ0) is 13.8. The maximum Gasteiger partial charge on any atom is 0.269 e. The number of nitro benzene ring substituents is 1. The standard InChI is InChI=1S/C13H17N3O3/c1-10(17)14-11-3-2-8-15(9-11)12-4-6-13(7-5-12)16(18)19/h4-7,11H,2-3,8-9H2,1H3,(H,14,17). The van der Waals surface area contributed by atoms with Gasteiger partial charge in [0.2, 0.25) is 5.91 Å². The molecule has 1 saturated heterocycles. The van der Waals surface area contributed by atoms with Crippen molar-refractivity contribution in [2.75, 3.05) is 18.0 Å². The predicted molar refractivity (Wildman–Crippen MR) is 72.1 cm³/mol. The quantitative estimate of drug-likeness (QED) is 0.665. The summed E-state index contributed by atoms with van der Waals surface area (Å²) in [6, 6.07) is 6.69. The molecule has 0 bridgehead atoms. The number of benzene rings is 1. The lowest BCUT2D eigenvalue weighted by Gasteiger charge is -2.34. The fraction of sp³-hybridized carbons (Fsp3) is 0.462. The van der Waals surface area contributed by atoms with Crippen LogP contribution in [-0.4, -0.2) is 30.0 Å². The maximum atomic E-state index is 11.1. The smallest absolute Gasteiger partial charge is 0.269 e. The molecule has 102 valence electrons. The van der Waals surface area contributed by atoms with Crippen LogP contribution in [0.3, 0.4) is 0 Å². The number of amides is 1. The van der Waals surface area contributed by atoms with Gasteiger partial charge in [0.25, 0.3) is 5.69 Å². The lowest BCUT2D eigenvalue weighted by atomic mass is 10.0. The number of piperidine rings is 1. The third-order valence-corrected chi connectivity index (χ3v) is 3.25. The van der Waals surface area contributed by atoms with Crippen LogP contribution < -0.4 is 10.2 Å². The van der Waals surface area contributed by atoms with Gasteiger partial charge >= 0.3 is 0 Å². The predicted octanol–water partition coefficient (Wildman–Crippen LogP) is 1.70. The molecule has 1 heterocycles. The van der Waals surface area contributed by atoms with E-state index in [-0.39, 0.29) is 17.6 Å². The van der Waals surface area contributed by atoms with E-state index in [2.05, 4.69) is 10.2 Å². The lowest BCUT2D eigenvalue weighted by Crippen LogP contribution is -2.47. The van der Waals surface area contributed by atoms with Crippen molar-refractivity contribution in [3.63, 3.8) is 0 Å². The molecule has 1 fully saturated rings. The zero-order valence-corrected chi connectivity index (χ0v) is 10.8. The van der Waals surface area contributed by atoms with E-state index in [0.717, 1.165) is 31.6 Å². The minimum atomic E-state index is -0.403. The number of hydrogen-bond donors (Lipinski definition) is 1. The molecule has 2 rings (SSSR count). The summed E-state index contributed by atoms with van der Waals surface area (Å²) in [5, 5.41) is 13.5. The molecule has 1 aromatic carbocycles. The maximum absolute atomic E-state index is 11.1. The lowest BCUT2D eigenvalue weighted by molar-refractivity contribution is -0.384. The van der Waals surface area contributed by atoms with Crippen molar-refractivity contribution in [1.82, 2.24) is 5.32 Å². The third kappa shape index (κ3) is 3.43. The Labute approximate surface area is 111 Å². The molecule has 1 aliphatic rings. The number of nitrogens with one attached hydrogen (secondary N) is 1. The second kappa shape index (κ2) is 5.69. The van der Waals surface area contributed by atoms with Crippen LogP contribution in [0.25, 0.3) is 0 Å². The van der Waals surface area contributed by atoms with Crippen molar-refractivity contribution in [3.8, 4) is 0 Å². The Balaban J connectivity index is 2.04. The molecule has 0 spiro atoms. The molecule has 0 radical (unpaired) electrons. The fourth-order valence-corrected chi connectivity index (χ4v) is 2.40. The summed E-state index contributed by atoms with van der Waals surface area (Å²) in [4.78, 5) is 23.4. The molecule has 1 amide bonds. The fourth-order valence-electron chi connectivity index (χ4n) is 2.40.